The van der Waals surface area contributed by atoms with E-state index in [0.29, 0.717) is 0 Å². The molecule has 0 radical (unpaired) electrons. The van der Waals surface area contributed by atoms with E-state index in [-0.39, 0.29) is 24.0 Å². The first kappa shape index (κ1) is 8.16. The van der Waals surface area contributed by atoms with Crippen LogP contribution in [0.1, 0.15) is 0 Å². The summed E-state index contributed by atoms with van der Waals surface area (Å²) in [6, 6.07) is 4.14. The second-order valence-electron chi connectivity index (χ2n) is 0.917. The summed E-state index contributed by atoms with van der Waals surface area (Å²) in [5.41, 5.74) is 0. The highest BCUT2D eigenvalue weighted by Crippen LogP contribution is 2.09. The predicted octanol–water partition coefficient (Wildman–Crippen LogP) is 2.97. The summed E-state index contributed by atoms with van der Waals surface area (Å²) in [7, 11) is 0. The standard InChI is InChI=1S/C4H3IS.HI/c5-4-2-1-3-6-4;/h1-3H;1H. The van der Waals surface area contributed by atoms with Crippen molar-refractivity contribution in [3.63, 3.8) is 0 Å². The van der Waals surface area contributed by atoms with Crippen LogP contribution >= 0.6 is 57.9 Å². The summed E-state index contributed by atoms with van der Waals surface area (Å²) in [6.45, 7) is 0. The van der Waals surface area contributed by atoms with Crippen molar-refractivity contribution in [2.24, 2.45) is 0 Å². The Morgan fingerprint density at radius 3 is 2.43 bits per heavy atom. The van der Waals surface area contributed by atoms with Gasteiger partial charge in [0.15, 0.2) is 0 Å². The molecule has 1 aromatic rings. The van der Waals surface area contributed by atoms with E-state index in [1.807, 2.05) is 6.07 Å². The average molecular weight is 338 g/mol. The van der Waals surface area contributed by atoms with Crippen molar-refractivity contribution in [3.05, 3.63) is 20.4 Å². The van der Waals surface area contributed by atoms with Crippen LogP contribution in [0, 0.1) is 2.88 Å². The Labute approximate surface area is 77.5 Å². The van der Waals surface area contributed by atoms with Gasteiger partial charge in [0.05, 0.1) is 2.88 Å². The second-order valence-corrected chi connectivity index (χ2v) is 3.76. The SMILES string of the molecule is I.Ic1cccs1. The topological polar surface area (TPSA) is 0 Å². The third-order valence-electron chi connectivity index (χ3n) is 0.486. The highest BCUT2D eigenvalue weighted by Gasteiger charge is 1.77. The van der Waals surface area contributed by atoms with Gasteiger partial charge in [-0.1, -0.05) is 6.07 Å². The molecule has 0 nitrogen and oxygen atoms in total. The third-order valence-corrected chi connectivity index (χ3v) is 2.26. The molecule has 1 rings (SSSR count). The molecule has 0 saturated carbocycles. The van der Waals surface area contributed by atoms with Gasteiger partial charge in [-0.15, -0.1) is 35.3 Å². The molecule has 3 heteroatoms. The van der Waals surface area contributed by atoms with Gasteiger partial charge in [-0.05, 0) is 34.0 Å². The van der Waals surface area contributed by atoms with Gasteiger partial charge in [0.2, 0.25) is 0 Å². The maximum absolute atomic E-state index is 2.29. The van der Waals surface area contributed by atoms with E-state index >= 15 is 0 Å². The second kappa shape index (κ2) is 4.08. The molecule has 0 aromatic carbocycles. The Hall–Kier alpha value is 1.16. The molecule has 1 aromatic heterocycles. The Kier molecular flexibility index (Phi) is 4.76. The lowest BCUT2D eigenvalue weighted by atomic mass is 10.7. The van der Waals surface area contributed by atoms with Gasteiger partial charge in [0.1, 0.15) is 0 Å². The highest BCUT2D eigenvalue weighted by atomic mass is 127. The molecule has 0 fully saturated rings. The van der Waals surface area contributed by atoms with Crippen molar-refractivity contribution in [3.8, 4) is 0 Å². The van der Waals surface area contributed by atoms with Gasteiger partial charge in [0.25, 0.3) is 0 Å². The van der Waals surface area contributed by atoms with E-state index < -0.39 is 0 Å². The molecule has 0 N–H and O–H groups in total. The van der Waals surface area contributed by atoms with Crippen LogP contribution in [0.15, 0.2) is 17.5 Å². The van der Waals surface area contributed by atoms with Gasteiger partial charge >= 0.3 is 0 Å². The number of halogens is 2. The number of rotatable bonds is 0. The summed E-state index contributed by atoms with van der Waals surface area (Å²) in [5.74, 6) is 0. The lowest BCUT2D eigenvalue weighted by Crippen LogP contribution is -1.38. The van der Waals surface area contributed by atoms with Crippen LogP contribution in [0.25, 0.3) is 0 Å². The Morgan fingerprint density at radius 1 is 1.57 bits per heavy atom. The number of hydrogen-bond acceptors (Lipinski definition) is 1. The first-order chi connectivity index (χ1) is 2.89. The molecular formula is C4H4I2S. The van der Waals surface area contributed by atoms with Gasteiger partial charge in [-0.2, -0.15) is 0 Å². The van der Waals surface area contributed by atoms with E-state index in [1.165, 1.54) is 2.88 Å². The van der Waals surface area contributed by atoms with Crippen LogP contribution in [0.5, 0.6) is 0 Å². The lowest BCUT2D eigenvalue weighted by molar-refractivity contribution is 1.97. The largest absolute Gasteiger partial charge is 0.138 e. The summed E-state index contributed by atoms with van der Waals surface area (Å²) in [4.78, 5) is 0. The maximum atomic E-state index is 2.29. The molecule has 0 aliphatic rings. The molecule has 0 unspecified atom stereocenters. The van der Waals surface area contributed by atoms with Gasteiger partial charge in [-0.25, -0.2) is 0 Å². The first-order valence-electron chi connectivity index (χ1n) is 1.58. The summed E-state index contributed by atoms with van der Waals surface area (Å²) in [6.07, 6.45) is 0. The van der Waals surface area contributed by atoms with Crippen molar-refractivity contribution in [1.29, 1.82) is 0 Å². The molecule has 0 aliphatic heterocycles. The fraction of sp³-hybridized carbons (Fsp3) is 0. The summed E-state index contributed by atoms with van der Waals surface area (Å²) in [5, 5.41) is 2.07. The van der Waals surface area contributed by atoms with Crippen molar-refractivity contribution in [2.75, 3.05) is 0 Å². The smallest absolute Gasteiger partial charge is 0.0653 e. The van der Waals surface area contributed by atoms with Crippen LogP contribution in [-0.2, 0) is 0 Å². The van der Waals surface area contributed by atoms with Gasteiger partial charge in [0, 0.05) is 0 Å². The predicted molar refractivity (Wildman–Crippen MR) is 52.5 cm³/mol. The minimum absolute atomic E-state index is 0. The quantitative estimate of drug-likeness (QED) is 0.638. The van der Waals surface area contributed by atoms with Crippen LogP contribution in [0.4, 0.5) is 0 Å². The van der Waals surface area contributed by atoms with Gasteiger partial charge < -0.3 is 0 Å². The molecule has 0 bridgehead atoms. The first-order valence-corrected chi connectivity index (χ1v) is 3.54. The molecule has 0 spiro atoms. The molecule has 40 valence electrons. The fourth-order valence-electron chi connectivity index (χ4n) is 0.259. The Bertz CT molecular complexity index is 113. The zero-order valence-electron chi connectivity index (χ0n) is 3.43. The minimum atomic E-state index is 0. The zero-order chi connectivity index (χ0) is 4.41. The molecule has 0 saturated heterocycles. The molecule has 1 heterocycles. The minimum Gasteiger partial charge on any atom is -0.138 e. The Morgan fingerprint density at radius 2 is 2.29 bits per heavy atom. The Balaban J connectivity index is 0.000000360. The highest BCUT2D eigenvalue weighted by molar-refractivity contribution is 14.1. The molecule has 0 atom stereocenters. The molecule has 7 heavy (non-hydrogen) atoms. The van der Waals surface area contributed by atoms with Crippen molar-refractivity contribution < 1.29 is 0 Å². The van der Waals surface area contributed by atoms with Crippen molar-refractivity contribution in [2.45, 2.75) is 0 Å². The lowest BCUT2D eigenvalue weighted by Gasteiger charge is -1.62. The normalized spacial score (nSPS) is 7.57. The van der Waals surface area contributed by atoms with Crippen LogP contribution in [-0.4, -0.2) is 0 Å². The van der Waals surface area contributed by atoms with Crippen molar-refractivity contribution >= 4 is 57.9 Å². The molecule has 0 amide bonds. The zero-order valence-corrected chi connectivity index (χ0v) is 8.73. The monoisotopic (exact) mass is 338 g/mol. The molecular weight excluding hydrogens is 334 g/mol. The van der Waals surface area contributed by atoms with Gasteiger partial charge in [-0.3, -0.25) is 0 Å². The van der Waals surface area contributed by atoms with E-state index in [9.17, 15) is 0 Å². The van der Waals surface area contributed by atoms with Crippen LogP contribution in [0.2, 0.25) is 0 Å². The van der Waals surface area contributed by atoms with Crippen LogP contribution < -0.4 is 0 Å². The van der Waals surface area contributed by atoms with E-state index in [2.05, 4.69) is 34.0 Å². The maximum Gasteiger partial charge on any atom is 0.0653 e. The molecule has 0 aliphatic carbocycles. The summed E-state index contributed by atoms with van der Waals surface area (Å²) < 4.78 is 1.35. The van der Waals surface area contributed by atoms with E-state index in [4.69, 9.17) is 0 Å². The fourth-order valence-corrected chi connectivity index (χ4v) is 1.35. The number of hydrogen-bond donors (Lipinski definition) is 0. The average Bonchev–Trinajstić information content (AvgIpc) is 1.86. The third kappa shape index (κ3) is 2.86. The van der Waals surface area contributed by atoms with E-state index in [0.717, 1.165) is 0 Å². The van der Waals surface area contributed by atoms with E-state index in [1.54, 1.807) is 11.3 Å². The number of thiophene rings is 1. The van der Waals surface area contributed by atoms with Crippen LogP contribution in [0.3, 0.4) is 0 Å². The summed E-state index contributed by atoms with van der Waals surface area (Å²) >= 11 is 4.06. The van der Waals surface area contributed by atoms with Crippen molar-refractivity contribution in [1.82, 2.24) is 0 Å².